The summed E-state index contributed by atoms with van der Waals surface area (Å²) in [6.45, 7) is 9.78. The maximum atomic E-state index is 12.6. The zero-order valence-corrected chi connectivity index (χ0v) is 15.1. The molecule has 0 fully saturated rings. The second kappa shape index (κ2) is 7.34. The number of aromatic nitrogens is 2. The molecule has 1 aliphatic rings. The van der Waals surface area contributed by atoms with E-state index in [1.807, 2.05) is 39.2 Å². The van der Waals surface area contributed by atoms with E-state index in [0.29, 0.717) is 12.2 Å². The van der Waals surface area contributed by atoms with E-state index >= 15 is 0 Å². The Hall–Kier alpha value is -1.89. The monoisotopic (exact) mass is 337 g/mol. The zero-order valence-electron chi connectivity index (χ0n) is 15.1. The Labute approximate surface area is 142 Å². The minimum absolute atomic E-state index is 0.0451. The number of anilines is 1. The number of hydrogen-bond acceptors (Lipinski definition) is 5. The molecule has 0 saturated heterocycles. The molecule has 0 aromatic carbocycles. The molecule has 2 heterocycles. The molecule has 0 unspecified atom stereocenters. The predicted molar refractivity (Wildman–Crippen MR) is 90.1 cm³/mol. The molecule has 0 spiro atoms. The number of rotatable bonds is 5. The Morgan fingerprint density at radius 3 is 2.62 bits per heavy atom. The van der Waals surface area contributed by atoms with Crippen LogP contribution in [0.1, 0.15) is 63.8 Å². The fraction of sp³-hybridized carbons (Fsp3) is 0.706. The first-order valence-corrected chi connectivity index (χ1v) is 8.41. The van der Waals surface area contributed by atoms with Crippen LogP contribution in [0, 0.1) is 0 Å². The van der Waals surface area contributed by atoms with E-state index in [-0.39, 0.29) is 24.4 Å². The molecule has 1 aliphatic heterocycles. The van der Waals surface area contributed by atoms with Crippen LogP contribution in [0.5, 0.6) is 0 Å². The normalized spacial score (nSPS) is 14.4. The summed E-state index contributed by atoms with van der Waals surface area (Å²) in [5.74, 6) is 0.271. The number of carbonyl (C=O) groups excluding carboxylic acids is 2. The standard InChI is InChI=1S/C17H27N3O4/c1-11(2)23-10-13(21)19-15-14(16(22)24-17(3,4)5)20-9-7-6-8-12(20)18-15/h11H,6-10H2,1-5H3,(H,19,21). The summed E-state index contributed by atoms with van der Waals surface area (Å²) in [6, 6.07) is 0. The molecular weight excluding hydrogens is 310 g/mol. The van der Waals surface area contributed by atoms with E-state index in [1.165, 1.54) is 0 Å². The highest BCUT2D eigenvalue weighted by molar-refractivity contribution is 5.99. The van der Waals surface area contributed by atoms with Crippen LogP contribution in [0.3, 0.4) is 0 Å². The number of ether oxygens (including phenoxy) is 2. The molecule has 7 nitrogen and oxygen atoms in total. The number of imidazole rings is 1. The van der Waals surface area contributed by atoms with Gasteiger partial charge in [-0.05, 0) is 47.5 Å². The van der Waals surface area contributed by atoms with Crippen LogP contribution < -0.4 is 5.32 Å². The molecule has 1 aromatic heterocycles. The van der Waals surface area contributed by atoms with Crippen molar-refractivity contribution in [3.8, 4) is 0 Å². The molecular formula is C17H27N3O4. The molecule has 1 N–H and O–H groups in total. The second-order valence-electron chi connectivity index (χ2n) is 7.24. The van der Waals surface area contributed by atoms with Crippen molar-refractivity contribution < 1.29 is 19.1 Å². The van der Waals surface area contributed by atoms with E-state index in [9.17, 15) is 9.59 Å². The topological polar surface area (TPSA) is 82.5 Å². The van der Waals surface area contributed by atoms with E-state index in [2.05, 4.69) is 10.3 Å². The van der Waals surface area contributed by atoms with Crippen molar-refractivity contribution in [2.24, 2.45) is 0 Å². The highest BCUT2D eigenvalue weighted by Crippen LogP contribution is 2.25. The SMILES string of the molecule is CC(C)OCC(=O)Nc1nc2n(c1C(=O)OC(C)(C)C)CCCC2. The van der Waals surface area contributed by atoms with Crippen molar-refractivity contribution >= 4 is 17.7 Å². The lowest BCUT2D eigenvalue weighted by atomic mass is 10.1. The minimum Gasteiger partial charge on any atom is -0.455 e. The van der Waals surface area contributed by atoms with Crippen LogP contribution in [0.4, 0.5) is 5.82 Å². The van der Waals surface area contributed by atoms with Crippen molar-refractivity contribution in [1.82, 2.24) is 9.55 Å². The zero-order chi connectivity index (χ0) is 17.9. The molecule has 1 aromatic rings. The highest BCUT2D eigenvalue weighted by Gasteiger charge is 2.29. The van der Waals surface area contributed by atoms with Crippen LogP contribution in [0.2, 0.25) is 0 Å². The molecule has 0 atom stereocenters. The van der Waals surface area contributed by atoms with Gasteiger partial charge in [-0.15, -0.1) is 0 Å². The maximum Gasteiger partial charge on any atom is 0.359 e. The molecule has 0 saturated carbocycles. The lowest BCUT2D eigenvalue weighted by molar-refractivity contribution is -0.121. The van der Waals surface area contributed by atoms with Crippen LogP contribution in [0.15, 0.2) is 0 Å². The number of carbonyl (C=O) groups is 2. The first kappa shape index (κ1) is 18.4. The molecule has 7 heteroatoms. The quantitative estimate of drug-likeness (QED) is 0.835. The number of amides is 1. The number of hydrogen-bond donors (Lipinski definition) is 1. The van der Waals surface area contributed by atoms with Gasteiger partial charge < -0.3 is 19.4 Å². The molecule has 24 heavy (non-hydrogen) atoms. The van der Waals surface area contributed by atoms with Gasteiger partial charge in [0.15, 0.2) is 11.5 Å². The number of aryl methyl sites for hydroxylation is 1. The van der Waals surface area contributed by atoms with Gasteiger partial charge in [-0.25, -0.2) is 9.78 Å². The maximum absolute atomic E-state index is 12.6. The summed E-state index contributed by atoms with van der Waals surface area (Å²) in [7, 11) is 0. The van der Waals surface area contributed by atoms with Gasteiger partial charge in [-0.3, -0.25) is 4.79 Å². The van der Waals surface area contributed by atoms with Crippen LogP contribution >= 0.6 is 0 Å². The van der Waals surface area contributed by atoms with Crippen LogP contribution in [-0.2, 0) is 27.2 Å². The minimum atomic E-state index is -0.613. The van der Waals surface area contributed by atoms with Gasteiger partial charge in [0, 0.05) is 13.0 Å². The average Bonchev–Trinajstić information content (AvgIpc) is 2.81. The summed E-state index contributed by atoms with van der Waals surface area (Å²) in [6.07, 6.45) is 2.74. The fourth-order valence-corrected chi connectivity index (χ4v) is 2.51. The first-order chi connectivity index (χ1) is 11.2. The Kier molecular flexibility index (Phi) is 5.64. The summed E-state index contributed by atoms with van der Waals surface area (Å²) in [4.78, 5) is 29.1. The van der Waals surface area contributed by atoms with Crippen molar-refractivity contribution in [2.45, 2.75) is 72.1 Å². The molecule has 2 rings (SSSR count). The predicted octanol–water partition coefficient (Wildman–Crippen LogP) is 2.54. The Bertz CT molecular complexity index is 614. The van der Waals surface area contributed by atoms with E-state index < -0.39 is 11.6 Å². The molecule has 0 radical (unpaired) electrons. The lowest BCUT2D eigenvalue weighted by Crippen LogP contribution is -2.28. The number of fused-ring (bicyclic) bond motifs is 1. The van der Waals surface area contributed by atoms with E-state index in [0.717, 1.165) is 25.1 Å². The van der Waals surface area contributed by atoms with Crippen LogP contribution in [0.25, 0.3) is 0 Å². The summed E-state index contributed by atoms with van der Waals surface area (Å²) < 4.78 is 12.6. The van der Waals surface area contributed by atoms with Crippen molar-refractivity contribution in [3.05, 3.63) is 11.5 Å². The van der Waals surface area contributed by atoms with Gasteiger partial charge in [-0.2, -0.15) is 0 Å². The Balaban J connectivity index is 2.25. The second-order valence-corrected chi connectivity index (χ2v) is 7.24. The summed E-state index contributed by atoms with van der Waals surface area (Å²) in [5, 5.41) is 2.69. The Morgan fingerprint density at radius 1 is 1.29 bits per heavy atom. The molecule has 0 aliphatic carbocycles. The van der Waals surface area contributed by atoms with Crippen molar-refractivity contribution in [2.75, 3.05) is 11.9 Å². The number of nitrogens with one attached hydrogen (secondary N) is 1. The van der Waals surface area contributed by atoms with Crippen molar-refractivity contribution in [1.29, 1.82) is 0 Å². The molecule has 0 bridgehead atoms. The highest BCUT2D eigenvalue weighted by atomic mass is 16.6. The third-order valence-electron chi connectivity index (χ3n) is 3.48. The van der Waals surface area contributed by atoms with Gasteiger partial charge in [0.25, 0.3) is 5.91 Å². The third kappa shape index (κ3) is 4.80. The van der Waals surface area contributed by atoms with Gasteiger partial charge >= 0.3 is 5.97 Å². The number of esters is 1. The van der Waals surface area contributed by atoms with Gasteiger partial charge in [0.05, 0.1) is 6.10 Å². The summed E-state index contributed by atoms with van der Waals surface area (Å²) in [5.41, 5.74) is -0.295. The smallest absolute Gasteiger partial charge is 0.359 e. The first-order valence-electron chi connectivity index (χ1n) is 8.41. The lowest BCUT2D eigenvalue weighted by Gasteiger charge is -2.21. The van der Waals surface area contributed by atoms with Crippen molar-refractivity contribution in [3.63, 3.8) is 0 Å². The van der Waals surface area contributed by atoms with Gasteiger partial charge in [0.2, 0.25) is 0 Å². The molecule has 1 amide bonds. The van der Waals surface area contributed by atoms with E-state index in [4.69, 9.17) is 9.47 Å². The van der Waals surface area contributed by atoms with Gasteiger partial charge in [0.1, 0.15) is 18.0 Å². The average molecular weight is 337 g/mol. The third-order valence-corrected chi connectivity index (χ3v) is 3.48. The number of nitrogens with zero attached hydrogens (tertiary/aromatic N) is 2. The Morgan fingerprint density at radius 2 is 2.00 bits per heavy atom. The fourth-order valence-electron chi connectivity index (χ4n) is 2.51. The summed E-state index contributed by atoms with van der Waals surface area (Å²) >= 11 is 0. The largest absolute Gasteiger partial charge is 0.455 e. The van der Waals surface area contributed by atoms with Crippen LogP contribution in [-0.4, -0.2) is 39.7 Å². The molecule has 134 valence electrons. The van der Waals surface area contributed by atoms with Gasteiger partial charge in [-0.1, -0.05) is 0 Å². The van der Waals surface area contributed by atoms with E-state index in [1.54, 1.807) is 0 Å².